The molecule has 0 atom stereocenters. The Balaban J connectivity index is 2.31. The summed E-state index contributed by atoms with van der Waals surface area (Å²) in [5.74, 6) is 0.157. The summed E-state index contributed by atoms with van der Waals surface area (Å²) in [6.45, 7) is 6.10. The van der Waals surface area contributed by atoms with Crippen LogP contribution in [0.2, 0.25) is 0 Å². The van der Waals surface area contributed by atoms with Crippen molar-refractivity contribution in [2.75, 3.05) is 0 Å². The third-order valence-corrected chi connectivity index (χ3v) is 4.40. The molecule has 2 aromatic rings. The molecule has 0 heterocycles. The van der Waals surface area contributed by atoms with Gasteiger partial charge in [0, 0.05) is 16.5 Å². The Hall–Kier alpha value is -1.41. The van der Waals surface area contributed by atoms with Crippen molar-refractivity contribution >= 4 is 21.7 Å². The summed E-state index contributed by atoms with van der Waals surface area (Å²) < 4.78 is 0.908. The molecule has 0 spiro atoms. The average molecular weight is 317 g/mol. The summed E-state index contributed by atoms with van der Waals surface area (Å²) >= 11 is 3.51. The molecule has 0 amide bonds. The van der Waals surface area contributed by atoms with Crippen LogP contribution in [0.4, 0.5) is 0 Å². The van der Waals surface area contributed by atoms with Crippen molar-refractivity contribution in [2.24, 2.45) is 0 Å². The highest BCUT2D eigenvalue weighted by atomic mass is 79.9. The predicted molar refractivity (Wildman–Crippen MR) is 82.8 cm³/mol. The van der Waals surface area contributed by atoms with E-state index >= 15 is 0 Å². The highest BCUT2D eigenvalue weighted by molar-refractivity contribution is 9.10. The molecule has 0 aromatic heterocycles. The minimum atomic E-state index is 0.157. The number of aryl methyl sites for hydroxylation is 3. The third-order valence-electron chi connectivity index (χ3n) is 3.35. The lowest BCUT2D eigenvalue weighted by atomic mass is 9.97. The van der Waals surface area contributed by atoms with Crippen LogP contribution in [0.25, 0.3) is 0 Å². The van der Waals surface area contributed by atoms with Crippen LogP contribution in [0.5, 0.6) is 0 Å². The number of carbonyl (C=O) groups excluding carboxylic acids is 1. The van der Waals surface area contributed by atoms with Crippen LogP contribution in [0.3, 0.4) is 0 Å². The molecule has 2 rings (SSSR count). The second kappa shape index (κ2) is 5.70. The fourth-order valence-corrected chi connectivity index (χ4v) is 2.61. The first-order valence-electron chi connectivity index (χ1n) is 6.33. The summed E-state index contributed by atoms with van der Waals surface area (Å²) in [7, 11) is 0. The van der Waals surface area contributed by atoms with E-state index in [0.29, 0.717) is 6.42 Å². The van der Waals surface area contributed by atoms with Crippen molar-refractivity contribution in [1.82, 2.24) is 0 Å². The number of benzene rings is 2. The second-order valence-corrected chi connectivity index (χ2v) is 5.76. The minimum absolute atomic E-state index is 0.157. The normalized spacial score (nSPS) is 10.5. The number of hydrogen-bond acceptors (Lipinski definition) is 1. The van der Waals surface area contributed by atoms with Crippen LogP contribution < -0.4 is 0 Å². The van der Waals surface area contributed by atoms with E-state index in [-0.39, 0.29) is 5.78 Å². The second-order valence-electron chi connectivity index (χ2n) is 4.97. The Morgan fingerprint density at radius 2 is 1.79 bits per heavy atom. The van der Waals surface area contributed by atoms with E-state index in [0.717, 1.165) is 21.2 Å². The zero-order valence-electron chi connectivity index (χ0n) is 11.5. The molecule has 0 saturated heterocycles. The van der Waals surface area contributed by atoms with Crippen LogP contribution in [0.1, 0.15) is 32.6 Å². The predicted octanol–water partition coefficient (Wildman–Crippen LogP) is 4.80. The molecule has 98 valence electrons. The number of rotatable bonds is 3. The lowest BCUT2D eigenvalue weighted by Gasteiger charge is -2.09. The van der Waals surface area contributed by atoms with E-state index < -0.39 is 0 Å². The minimum Gasteiger partial charge on any atom is -0.294 e. The van der Waals surface area contributed by atoms with E-state index in [1.54, 1.807) is 0 Å². The van der Waals surface area contributed by atoms with Crippen LogP contribution in [0.15, 0.2) is 40.9 Å². The van der Waals surface area contributed by atoms with Crippen LogP contribution >= 0.6 is 15.9 Å². The summed E-state index contributed by atoms with van der Waals surface area (Å²) in [6, 6.07) is 12.0. The monoisotopic (exact) mass is 316 g/mol. The Labute approximate surface area is 122 Å². The third kappa shape index (κ3) is 3.13. The number of halogens is 1. The number of hydrogen-bond donors (Lipinski definition) is 0. The largest absolute Gasteiger partial charge is 0.294 e. The van der Waals surface area contributed by atoms with Gasteiger partial charge in [0.05, 0.1) is 0 Å². The summed E-state index contributed by atoms with van der Waals surface area (Å²) in [5.41, 5.74) is 5.32. The first-order chi connectivity index (χ1) is 8.99. The molecule has 0 N–H and O–H groups in total. The van der Waals surface area contributed by atoms with Crippen LogP contribution in [-0.2, 0) is 6.42 Å². The van der Waals surface area contributed by atoms with Gasteiger partial charge < -0.3 is 0 Å². The SMILES string of the molecule is Cc1ccc(C)c(CC(=O)c2cccc(C)c2Br)c1. The van der Waals surface area contributed by atoms with Gasteiger partial charge in [-0.15, -0.1) is 0 Å². The molecule has 0 bridgehead atoms. The first kappa shape index (κ1) is 14.0. The van der Waals surface area contributed by atoms with Crippen molar-refractivity contribution in [3.8, 4) is 0 Å². The van der Waals surface area contributed by atoms with E-state index in [9.17, 15) is 4.79 Å². The van der Waals surface area contributed by atoms with Gasteiger partial charge >= 0.3 is 0 Å². The van der Waals surface area contributed by atoms with E-state index in [4.69, 9.17) is 0 Å². The maximum atomic E-state index is 12.4. The van der Waals surface area contributed by atoms with Crippen molar-refractivity contribution in [3.05, 3.63) is 68.7 Å². The highest BCUT2D eigenvalue weighted by Crippen LogP contribution is 2.23. The molecule has 0 fully saturated rings. The molecule has 0 aliphatic rings. The Kier molecular flexibility index (Phi) is 4.20. The number of Topliss-reactive ketones (excluding diaryl/α,β-unsaturated/α-hetero) is 1. The molecule has 0 saturated carbocycles. The van der Waals surface area contributed by atoms with Gasteiger partial charge in [0.2, 0.25) is 0 Å². The van der Waals surface area contributed by atoms with E-state index in [2.05, 4.69) is 41.1 Å². The van der Waals surface area contributed by atoms with Gasteiger partial charge in [-0.25, -0.2) is 0 Å². The number of carbonyl (C=O) groups is 1. The summed E-state index contributed by atoms with van der Waals surface area (Å²) in [4.78, 5) is 12.4. The fraction of sp³-hybridized carbons (Fsp3) is 0.235. The molecular weight excluding hydrogens is 300 g/mol. The van der Waals surface area contributed by atoms with Gasteiger partial charge in [0.15, 0.2) is 5.78 Å². The summed E-state index contributed by atoms with van der Waals surface area (Å²) in [6.07, 6.45) is 0.454. The maximum absolute atomic E-state index is 12.4. The van der Waals surface area contributed by atoms with E-state index in [1.165, 1.54) is 11.1 Å². The fourth-order valence-electron chi connectivity index (χ4n) is 2.12. The first-order valence-corrected chi connectivity index (χ1v) is 7.13. The Morgan fingerprint density at radius 3 is 2.53 bits per heavy atom. The lowest BCUT2D eigenvalue weighted by Crippen LogP contribution is -2.06. The Morgan fingerprint density at radius 1 is 1.05 bits per heavy atom. The zero-order valence-corrected chi connectivity index (χ0v) is 13.0. The molecule has 0 unspecified atom stereocenters. The standard InChI is InChI=1S/C17H17BrO/c1-11-7-8-12(2)14(9-11)10-16(19)15-6-4-5-13(3)17(15)18/h4-9H,10H2,1-3H3. The van der Waals surface area contributed by atoms with Crippen LogP contribution in [-0.4, -0.2) is 5.78 Å². The summed E-state index contributed by atoms with van der Waals surface area (Å²) in [5, 5.41) is 0. The van der Waals surface area contributed by atoms with Crippen molar-refractivity contribution < 1.29 is 4.79 Å². The zero-order chi connectivity index (χ0) is 14.0. The molecule has 2 heteroatoms. The maximum Gasteiger partial charge on any atom is 0.168 e. The smallest absolute Gasteiger partial charge is 0.168 e. The van der Waals surface area contributed by atoms with Gasteiger partial charge in [-0.2, -0.15) is 0 Å². The molecule has 0 aliphatic carbocycles. The van der Waals surface area contributed by atoms with E-state index in [1.807, 2.05) is 32.0 Å². The van der Waals surface area contributed by atoms with Crippen molar-refractivity contribution in [3.63, 3.8) is 0 Å². The quantitative estimate of drug-likeness (QED) is 0.743. The van der Waals surface area contributed by atoms with Gasteiger partial charge in [-0.1, -0.05) is 42.0 Å². The number of ketones is 1. The molecular formula is C17H17BrO. The lowest BCUT2D eigenvalue weighted by molar-refractivity contribution is 0.0992. The molecule has 0 radical (unpaired) electrons. The average Bonchev–Trinajstić information content (AvgIpc) is 2.37. The van der Waals surface area contributed by atoms with Crippen LogP contribution in [0, 0.1) is 20.8 Å². The van der Waals surface area contributed by atoms with Gasteiger partial charge in [0.1, 0.15) is 0 Å². The van der Waals surface area contributed by atoms with Gasteiger partial charge in [-0.05, 0) is 53.4 Å². The molecule has 0 aliphatic heterocycles. The van der Waals surface area contributed by atoms with Gasteiger partial charge in [0.25, 0.3) is 0 Å². The van der Waals surface area contributed by atoms with Crippen molar-refractivity contribution in [1.29, 1.82) is 0 Å². The Bertz CT molecular complexity index is 629. The topological polar surface area (TPSA) is 17.1 Å². The van der Waals surface area contributed by atoms with Crippen molar-refractivity contribution in [2.45, 2.75) is 27.2 Å². The molecule has 1 nitrogen and oxygen atoms in total. The molecule has 19 heavy (non-hydrogen) atoms. The molecule has 2 aromatic carbocycles. The highest BCUT2D eigenvalue weighted by Gasteiger charge is 2.13. The van der Waals surface area contributed by atoms with Gasteiger partial charge in [-0.3, -0.25) is 4.79 Å².